The number of carbonyl (C=O) groups is 1. The van der Waals surface area contributed by atoms with Gasteiger partial charge in [0.15, 0.2) is 0 Å². The minimum atomic E-state index is -3.61. The van der Waals surface area contributed by atoms with Gasteiger partial charge in [0, 0.05) is 0 Å². The van der Waals surface area contributed by atoms with E-state index in [4.69, 9.17) is 4.74 Å². The molecule has 2 fully saturated rings. The molecule has 2 rings (SSSR count). The molecule has 0 aromatic rings. The molecule has 0 bridgehead atoms. The minimum absolute atomic E-state index is 0.295. The summed E-state index contributed by atoms with van der Waals surface area (Å²) in [6.45, 7) is 14.6. The molecule has 0 aromatic heterocycles. The lowest BCUT2D eigenvalue weighted by molar-refractivity contribution is -0.154. The van der Waals surface area contributed by atoms with Crippen LogP contribution in [-0.2, 0) is 19.6 Å². The Labute approximate surface area is 152 Å². The van der Waals surface area contributed by atoms with Crippen LogP contribution in [-0.4, -0.2) is 41.1 Å². The molecule has 0 amide bonds. The predicted octanol–water partition coefficient (Wildman–Crippen LogP) is 3.65. The van der Waals surface area contributed by atoms with Gasteiger partial charge in [0.1, 0.15) is 11.6 Å². The van der Waals surface area contributed by atoms with Gasteiger partial charge >= 0.3 is 5.97 Å². The smallest absolute Gasteiger partial charge is 0.327 e. The second kappa shape index (κ2) is 6.69. The molecule has 0 spiro atoms. The quantitative estimate of drug-likeness (QED) is 0.430. The van der Waals surface area contributed by atoms with Crippen molar-refractivity contribution < 1.29 is 17.9 Å². The van der Waals surface area contributed by atoms with Crippen LogP contribution in [0.3, 0.4) is 0 Å². The van der Waals surface area contributed by atoms with Crippen molar-refractivity contribution in [3.63, 3.8) is 0 Å². The molecule has 0 radical (unpaired) electrons. The van der Waals surface area contributed by atoms with Crippen LogP contribution in [0.2, 0.25) is 0 Å². The van der Waals surface area contributed by atoms with Crippen molar-refractivity contribution in [2.75, 3.05) is 0 Å². The fourth-order valence-corrected chi connectivity index (χ4v) is 5.13. The normalized spacial score (nSPS) is 28.5. The third-order valence-corrected chi connectivity index (χ3v) is 7.52. The summed E-state index contributed by atoms with van der Waals surface area (Å²) in [7, 11) is -3.61. The van der Waals surface area contributed by atoms with Crippen molar-refractivity contribution in [3.05, 3.63) is 12.2 Å². The number of carbonyl (C=O) groups excluding carboxylic acids is 1. The molecule has 1 saturated carbocycles. The molecule has 2 aliphatic rings. The van der Waals surface area contributed by atoms with Gasteiger partial charge in [-0.25, -0.2) is 8.42 Å². The SMILES string of the molecule is C=C(C1CCCCC1)[C@H]1[C@@H](C(=O)OC(C)(C)C)N1S(=O)(=O)C(C)(C)C. The van der Waals surface area contributed by atoms with Gasteiger partial charge in [-0.1, -0.05) is 31.4 Å². The summed E-state index contributed by atoms with van der Waals surface area (Å²) in [5.74, 6) is -0.175. The Bertz CT molecular complexity index is 633. The first-order valence-electron chi connectivity index (χ1n) is 9.22. The molecule has 1 aliphatic heterocycles. The first-order chi connectivity index (χ1) is 11.3. The Balaban J connectivity index is 2.27. The molecular weight excluding hydrogens is 338 g/mol. The minimum Gasteiger partial charge on any atom is -0.459 e. The highest BCUT2D eigenvalue weighted by Crippen LogP contribution is 2.46. The number of rotatable bonds is 4. The zero-order chi connectivity index (χ0) is 19.2. The maximum Gasteiger partial charge on any atom is 0.327 e. The van der Waals surface area contributed by atoms with E-state index in [0.29, 0.717) is 5.92 Å². The zero-order valence-electron chi connectivity index (χ0n) is 16.5. The summed E-state index contributed by atoms with van der Waals surface area (Å²) in [6.07, 6.45) is 5.55. The fourth-order valence-electron chi connectivity index (χ4n) is 3.50. The third kappa shape index (κ3) is 4.27. The van der Waals surface area contributed by atoms with Gasteiger partial charge in [0.25, 0.3) is 0 Å². The Morgan fingerprint density at radius 2 is 1.52 bits per heavy atom. The maximum absolute atomic E-state index is 13.0. The standard InChI is InChI=1S/C19H33NO4S/c1-13(14-11-9-8-10-12-14)15-16(17(21)24-18(2,3)4)20(15)25(22,23)19(5,6)7/h14-16H,1,8-12H2,2-7H3/t15-,16-,20?/m0/s1. The maximum atomic E-state index is 13.0. The van der Waals surface area contributed by atoms with Gasteiger partial charge in [-0.05, 0) is 60.3 Å². The fraction of sp³-hybridized carbons (Fsp3) is 0.842. The van der Waals surface area contributed by atoms with Gasteiger partial charge in [0.05, 0.1) is 10.8 Å². The van der Waals surface area contributed by atoms with Crippen LogP contribution >= 0.6 is 0 Å². The van der Waals surface area contributed by atoms with E-state index in [1.54, 1.807) is 41.5 Å². The van der Waals surface area contributed by atoms with E-state index in [0.717, 1.165) is 31.3 Å². The van der Waals surface area contributed by atoms with Gasteiger partial charge in [-0.3, -0.25) is 4.79 Å². The molecule has 0 aromatic carbocycles. The van der Waals surface area contributed by atoms with E-state index in [1.807, 2.05) is 0 Å². The van der Waals surface area contributed by atoms with E-state index >= 15 is 0 Å². The molecule has 1 aliphatic carbocycles. The van der Waals surface area contributed by atoms with Gasteiger partial charge in [0.2, 0.25) is 10.0 Å². The van der Waals surface area contributed by atoms with Crippen LogP contribution in [0.1, 0.15) is 73.6 Å². The predicted molar refractivity (Wildman–Crippen MR) is 99.6 cm³/mol. The second-order valence-electron chi connectivity index (χ2n) is 9.28. The lowest BCUT2D eigenvalue weighted by Crippen LogP contribution is -2.37. The Kier molecular flexibility index (Phi) is 5.47. The Hall–Kier alpha value is -0.880. The van der Waals surface area contributed by atoms with Crippen molar-refractivity contribution in [1.29, 1.82) is 0 Å². The van der Waals surface area contributed by atoms with Crippen molar-refractivity contribution in [3.8, 4) is 0 Å². The van der Waals surface area contributed by atoms with Crippen molar-refractivity contribution in [2.24, 2.45) is 5.92 Å². The third-order valence-electron chi connectivity index (χ3n) is 4.97. The average Bonchev–Trinajstić information content (AvgIpc) is 3.20. The van der Waals surface area contributed by atoms with Crippen LogP contribution < -0.4 is 0 Å². The summed E-state index contributed by atoms with van der Waals surface area (Å²) in [6, 6.07) is -1.22. The molecule has 5 nitrogen and oxygen atoms in total. The number of ether oxygens (including phenoxy) is 1. The summed E-state index contributed by atoms with van der Waals surface area (Å²) >= 11 is 0. The highest BCUT2D eigenvalue weighted by Gasteiger charge is 2.64. The van der Waals surface area contributed by atoms with E-state index in [-0.39, 0.29) is 0 Å². The highest BCUT2D eigenvalue weighted by atomic mass is 32.2. The number of hydrogen-bond donors (Lipinski definition) is 0. The molecule has 25 heavy (non-hydrogen) atoms. The van der Waals surface area contributed by atoms with E-state index < -0.39 is 38.4 Å². The largest absolute Gasteiger partial charge is 0.459 e. The molecule has 1 heterocycles. The summed E-state index contributed by atoms with van der Waals surface area (Å²) < 4.78 is 31.8. The topological polar surface area (TPSA) is 63.5 Å². The number of esters is 1. The second-order valence-corrected chi connectivity index (χ2v) is 11.9. The number of sulfonamides is 1. The summed E-state index contributed by atoms with van der Waals surface area (Å²) in [4.78, 5) is 12.6. The van der Waals surface area contributed by atoms with Crippen molar-refractivity contribution in [1.82, 2.24) is 4.31 Å². The molecule has 3 atom stereocenters. The van der Waals surface area contributed by atoms with Crippen LogP contribution in [0.15, 0.2) is 12.2 Å². The summed E-state index contributed by atoms with van der Waals surface area (Å²) in [5, 5.41) is 0. The molecule has 1 unspecified atom stereocenters. The van der Waals surface area contributed by atoms with Crippen LogP contribution in [0.5, 0.6) is 0 Å². The van der Waals surface area contributed by atoms with Crippen molar-refractivity contribution in [2.45, 2.75) is 96.1 Å². The monoisotopic (exact) mass is 371 g/mol. The van der Waals surface area contributed by atoms with Gasteiger partial charge in [-0.15, -0.1) is 0 Å². The summed E-state index contributed by atoms with van der Waals surface area (Å²) in [5.41, 5.74) is 0.233. The Morgan fingerprint density at radius 1 is 1.00 bits per heavy atom. The van der Waals surface area contributed by atoms with Crippen LogP contribution in [0.25, 0.3) is 0 Å². The first kappa shape index (κ1) is 20.4. The van der Waals surface area contributed by atoms with Gasteiger partial charge < -0.3 is 4.74 Å². The van der Waals surface area contributed by atoms with Gasteiger partial charge in [-0.2, -0.15) is 4.31 Å². The highest BCUT2D eigenvalue weighted by molar-refractivity contribution is 7.90. The molecular formula is C19H33NO4S. The van der Waals surface area contributed by atoms with Crippen LogP contribution in [0, 0.1) is 5.92 Å². The number of nitrogens with zero attached hydrogens (tertiary/aromatic N) is 1. The lowest BCUT2D eigenvalue weighted by atomic mass is 9.82. The van der Waals surface area contributed by atoms with Crippen LogP contribution in [0.4, 0.5) is 0 Å². The zero-order valence-corrected chi connectivity index (χ0v) is 17.3. The van der Waals surface area contributed by atoms with E-state index in [2.05, 4.69) is 6.58 Å². The first-order valence-corrected chi connectivity index (χ1v) is 10.7. The molecule has 1 saturated heterocycles. The van der Waals surface area contributed by atoms with Crippen molar-refractivity contribution >= 4 is 16.0 Å². The lowest BCUT2D eigenvalue weighted by Gasteiger charge is -2.25. The Morgan fingerprint density at radius 3 is 1.96 bits per heavy atom. The van der Waals surface area contributed by atoms with E-state index in [1.165, 1.54) is 10.7 Å². The van der Waals surface area contributed by atoms with E-state index in [9.17, 15) is 13.2 Å². The molecule has 144 valence electrons. The average molecular weight is 372 g/mol. The molecule has 6 heteroatoms. The molecule has 0 N–H and O–H groups in total. The number of hydrogen-bond acceptors (Lipinski definition) is 4.